The van der Waals surface area contributed by atoms with Gasteiger partial charge in [-0.2, -0.15) is 23.3 Å². The van der Waals surface area contributed by atoms with Gasteiger partial charge >= 0.3 is 21.1 Å². The zero-order valence-electron chi connectivity index (χ0n) is 12.6. The molecule has 0 N–H and O–H groups in total. The summed E-state index contributed by atoms with van der Waals surface area (Å²) in [4.78, 5) is 0. The summed E-state index contributed by atoms with van der Waals surface area (Å²) in [5.74, 6) is 0. The van der Waals surface area contributed by atoms with E-state index in [-0.39, 0.29) is 43.3 Å². The minimum absolute atomic E-state index is 0. The van der Waals surface area contributed by atoms with Crippen molar-refractivity contribution in [2.45, 2.75) is 6.92 Å². The average Bonchev–Trinajstić information content (AvgIpc) is 2.75. The van der Waals surface area contributed by atoms with Crippen LogP contribution < -0.4 is 0 Å². The average molecular weight is 445 g/mol. The zero-order chi connectivity index (χ0) is 11.0. The third-order valence-corrected chi connectivity index (χ3v) is 2.99. The maximum atomic E-state index is 2.25. The standard InChI is InChI=1S/C16H13.3CH3.Pt/c1-12-6-7-15(10-12)16-9-8-13-4-2-3-5-14(13)11-16;;;;/h2-11H,1H3;3*1H3;/q4*-1;+4. The first kappa shape index (κ1) is 21.0. The first-order chi connectivity index (χ1) is 7.83. The Kier molecular flexibility index (Phi) is 9.28. The summed E-state index contributed by atoms with van der Waals surface area (Å²) in [7, 11) is 0. The molecule has 3 aromatic rings. The fraction of sp³-hybridized carbons (Fsp3) is 0.0526. The van der Waals surface area contributed by atoms with Gasteiger partial charge < -0.3 is 22.3 Å². The van der Waals surface area contributed by atoms with E-state index in [1.807, 2.05) is 0 Å². The first-order valence-corrected chi connectivity index (χ1v) is 5.55. The van der Waals surface area contributed by atoms with Gasteiger partial charge in [0.1, 0.15) is 0 Å². The summed E-state index contributed by atoms with van der Waals surface area (Å²) in [6, 6.07) is 21.7. The van der Waals surface area contributed by atoms with Crippen LogP contribution in [-0.4, -0.2) is 0 Å². The minimum atomic E-state index is 0. The molecule has 0 atom stereocenters. The van der Waals surface area contributed by atoms with Crippen LogP contribution in [0.5, 0.6) is 0 Å². The maximum absolute atomic E-state index is 2.25. The molecule has 0 amide bonds. The molecule has 3 aromatic carbocycles. The molecule has 3 rings (SSSR count). The summed E-state index contributed by atoms with van der Waals surface area (Å²) in [5.41, 5.74) is 3.93. The first-order valence-electron chi connectivity index (χ1n) is 5.55. The van der Waals surface area contributed by atoms with E-state index in [9.17, 15) is 0 Å². The largest absolute Gasteiger partial charge is 4.00 e. The molecule has 0 heterocycles. The van der Waals surface area contributed by atoms with E-state index >= 15 is 0 Å². The molecule has 0 saturated heterocycles. The molecule has 0 fully saturated rings. The monoisotopic (exact) mass is 445 g/mol. The number of rotatable bonds is 1. The van der Waals surface area contributed by atoms with E-state index in [1.165, 1.54) is 27.5 Å². The Bertz CT molecular complexity index is 635. The van der Waals surface area contributed by atoms with Crippen molar-refractivity contribution in [3.8, 4) is 11.1 Å². The molecule has 0 spiro atoms. The Morgan fingerprint density at radius 2 is 1.40 bits per heavy atom. The topological polar surface area (TPSA) is 0 Å². The van der Waals surface area contributed by atoms with Crippen LogP contribution in [0.3, 0.4) is 0 Å². The minimum Gasteiger partial charge on any atom is -0.358 e. The number of hydrogen-bond acceptors (Lipinski definition) is 0. The molecule has 0 bridgehead atoms. The van der Waals surface area contributed by atoms with Crippen molar-refractivity contribution in [3.63, 3.8) is 0 Å². The summed E-state index contributed by atoms with van der Waals surface area (Å²) < 4.78 is 0. The molecule has 1 heteroatoms. The van der Waals surface area contributed by atoms with E-state index in [2.05, 4.69) is 67.6 Å². The van der Waals surface area contributed by atoms with Gasteiger partial charge in [0.05, 0.1) is 0 Å². The van der Waals surface area contributed by atoms with Gasteiger partial charge in [-0.05, 0) is 10.8 Å². The molecule has 20 heavy (non-hydrogen) atoms. The van der Waals surface area contributed by atoms with Crippen molar-refractivity contribution in [1.29, 1.82) is 0 Å². The second-order valence-electron chi connectivity index (χ2n) is 4.24. The fourth-order valence-electron chi connectivity index (χ4n) is 2.11. The van der Waals surface area contributed by atoms with Gasteiger partial charge in [-0.25, -0.2) is 6.07 Å². The van der Waals surface area contributed by atoms with E-state index < -0.39 is 0 Å². The molecule has 0 unspecified atom stereocenters. The van der Waals surface area contributed by atoms with Gasteiger partial charge in [-0.3, -0.25) is 0 Å². The van der Waals surface area contributed by atoms with E-state index in [4.69, 9.17) is 0 Å². The van der Waals surface area contributed by atoms with Crippen molar-refractivity contribution >= 4 is 10.8 Å². The molecule has 0 aliphatic rings. The summed E-state index contributed by atoms with van der Waals surface area (Å²) >= 11 is 0. The number of benzene rings is 2. The predicted molar refractivity (Wildman–Crippen MR) is 89.0 cm³/mol. The van der Waals surface area contributed by atoms with Crippen molar-refractivity contribution < 1.29 is 21.1 Å². The van der Waals surface area contributed by atoms with E-state index in [0.29, 0.717) is 0 Å². The van der Waals surface area contributed by atoms with Crippen LogP contribution in [-0.2, 0) is 21.1 Å². The molecular formula is C19H22Pt. The Hall–Kier alpha value is -1.26. The van der Waals surface area contributed by atoms with Gasteiger partial charge in [-0.15, -0.1) is 0 Å². The molecule has 108 valence electrons. The van der Waals surface area contributed by atoms with Crippen LogP contribution in [0.4, 0.5) is 0 Å². The molecule has 0 radical (unpaired) electrons. The van der Waals surface area contributed by atoms with E-state index in [1.54, 1.807) is 0 Å². The van der Waals surface area contributed by atoms with Crippen molar-refractivity contribution in [2.24, 2.45) is 0 Å². The zero-order valence-corrected chi connectivity index (χ0v) is 14.9. The molecule has 0 saturated carbocycles. The molecule has 0 aromatic heterocycles. The van der Waals surface area contributed by atoms with Crippen LogP contribution >= 0.6 is 0 Å². The summed E-state index contributed by atoms with van der Waals surface area (Å²) in [6.45, 7) is 2.13. The maximum Gasteiger partial charge on any atom is 4.00 e. The molecule has 0 nitrogen and oxygen atoms in total. The molecule has 0 aliphatic heterocycles. The Morgan fingerprint density at radius 1 is 0.750 bits per heavy atom. The Morgan fingerprint density at radius 3 is 2.00 bits per heavy atom. The Labute approximate surface area is 138 Å². The smallest absolute Gasteiger partial charge is 0.358 e. The van der Waals surface area contributed by atoms with Crippen molar-refractivity contribution in [3.05, 3.63) is 88.5 Å². The number of aryl methyl sites for hydroxylation is 1. The van der Waals surface area contributed by atoms with E-state index in [0.717, 1.165) is 0 Å². The number of fused-ring (bicyclic) bond motifs is 1. The SMILES string of the molecule is C[c-]1ccc(-c2ccc3ccccc3c2)c1.[CH3-].[CH3-].[CH3-].[Pt+4]. The molecular weight excluding hydrogens is 423 g/mol. The van der Waals surface area contributed by atoms with Crippen molar-refractivity contribution in [2.75, 3.05) is 0 Å². The van der Waals surface area contributed by atoms with Crippen LogP contribution in [0.1, 0.15) is 5.56 Å². The van der Waals surface area contributed by atoms with Gasteiger partial charge in [0, 0.05) is 0 Å². The number of hydrogen-bond donors (Lipinski definition) is 0. The van der Waals surface area contributed by atoms with Gasteiger partial charge in [0.15, 0.2) is 0 Å². The summed E-state index contributed by atoms with van der Waals surface area (Å²) in [5, 5.41) is 2.60. The fourth-order valence-corrected chi connectivity index (χ4v) is 2.11. The van der Waals surface area contributed by atoms with Crippen LogP contribution in [0.15, 0.2) is 60.7 Å². The van der Waals surface area contributed by atoms with Crippen LogP contribution in [0.25, 0.3) is 21.9 Å². The third kappa shape index (κ3) is 4.12. The van der Waals surface area contributed by atoms with Crippen LogP contribution in [0.2, 0.25) is 0 Å². The quantitative estimate of drug-likeness (QED) is 0.410. The van der Waals surface area contributed by atoms with Crippen LogP contribution in [0, 0.1) is 29.2 Å². The van der Waals surface area contributed by atoms with Gasteiger partial charge in [0.2, 0.25) is 0 Å². The second kappa shape index (κ2) is 8.82. The van der Waals surface area contributed by atoms with Gasteiger partial charge in [-0.1, -0.05) is 55.0 Å². The third-order valence-electron chi connectivity index (χ3n) is 2.99. The normalized spacial score (nSPS) is 8.65. The predicted octanol–water partition coefficient (Wildman–Crippen LogP) is 5.88. The second-order valence-corrected chi connectivity index (χ2v) is 4.24. The molecule has 0 aliphatic carbocycles. The van der Waals surface area contributed by atoms with Crippen molar-refractivity contribution in [1.82, 2.24) is 0 Å². The van der Waals surface area contributed by atoms with Gasteiger partial charge in [0.25, 0.3) is 0 Å². The Balaban J connectivity index is 0. The summed E-state index contributed by atoms with van der Waals surface area (Å²) in [6.07, 6.45) is 0.